The van der Waals surface area contributed by atoms with Gasteiger partial charge in [-0.3, -0.25) is 10.1 Å². The number of nitrogens with one attached hydrogen (secondary N) is 2. The van der Waals surface area contributed by atoms with E-state index in [1.807, 2.05) is 11.6 Å². The molecular formula is C12H13ClN2O4S. The van der Waals surface area contributed by atoms with Gasteiger partial charge in [0.25, 0.3) is 5.91 Å². The maximum atomic E-state index is 11.8. The molecule has 0 spiro atoms. The zero-order chi connectivity index (χ0) is 15.1. The Morgan fingerprint density at radius 3 is 2.65 bits per heavy atom. The Morgan fingerprint density at radius 1 is 1.35 bits per heavy atom. The largest absolute Gasteiger partial charge is 0.452 e. The minimum Gasteiger partial charge on any atom is -0.452 e. The van der Waals surface area contributed by atoms with Crippen LogP contribution in [0.3, 0.4) is 0 Å². The molecule has 1 rings (SSSR count). The second-order valence-corrected chi connectivity index (χ2v) is 4.84. The third kappa shape index (κ3) is 4.75. The monoisotopic (exact) mass is 316 g/mol. The molecular weight excluding hydrogens is 304 g/mol. The quantitative estimate of drug-likeness (QED) is 0.652. The normalized spacial score (nSPS) is 9.75. The molecule has 0 radical (unpaired) electrons. The number of hydrogen-bond donors (Lipinski definition) is 2. The highest BCUT2D eigenvalue weighted by atomic mass is 35.5. The highest BCUT2D eigenvalue weighted by Gasteiger charge is 2.15. The van der Waals surface area contributed by atoms with Gasteiger partial charge in [0.1, 0.15) is 0 Å². The number of hydrogen-bond acceptors (Lipinski definition) is 5. The second-order valence-electron chi connectivity index (χ2n) is 3.55. The molecule has 0 aliphatic rings. The molecule has 2 N–H and O–H groups in total. The molecule has 0 aromatic heterocycles. The molecule has 8 heteroatoms. The first-order valence-corrected chi connectivity index (χ1v) is 7.10. The molecule has 0 heterocycles. The SMILES string of the molecule is CNC(=O)NC(=O)COC(=O)c1cc(SC)ccc1Cl. The van der Waals surface area contributed by atoms with Crippen LogP contribution in [0, 0.1) is 0 Å². The smallest absolute Gasteiger partial charge is 0.340 e. The first-order chi connectivity index (χ1) is 9.47. The first kappa shape index (κ1) is 16.3. The van der Waals surface area contributed by atoms with Crippen molar-refractivity contribution in [3.8, 4) is 0 Å². The van der Waals surface area contributed by atoms with Crippen LogP contribution in [0.25, 0.3) is 0 Å². The van der Waals surface area contributed by atoms with Gasteiger partial charge in [-0.25, -0.2) is 9.59 Å². The van der Waals surface area contributed by atoms with Crippen molar-refractivity contribution in [3.63, 3.8) is 0 Å². The average Bonchev–Trinajstić information content (AvgIpc) is 2.45. The summed E-state index contributed by atoms with van der Waals surface area (Å²) in [5.41, 5.74) is 0.172. The number of benzene rings is 1. The van der Waals surface area contributed by atoms with E-state index in [0.717, 1.165) is 4.90 Å². The number of halogens is 1. The summed E-state index contributed by atoms with van der Waals surface area (Å²) in [5, 5.41) is 4.41. The maximum Gasteiger partial charge on any atom is 0.340 e. The number of carbonyl (C=O) groups is 3. The number of rotatable bonds is 4. The number of ether oxygens (including phenoxy) is 1. The maximum absolute atomic E-state index is 11.8. The van der Waals surface area contributed by atoms with Crippen molar-refractivity contribution in [2.75, 3.05) is 19.9 Å². The van der Waals surface area contributed by atoms with Crippen LogP contribution in [0.1, 0.15) is 10.4 Å². The third-order valence-electron chi connectivity index (χ3n) is 2.21. The Balaban J connectivity index is 2.63. The fourth-order valence-electron chi connectivity index (χ4n) is 1.22. The predicted molar refractivity (Wildman–Crippen MR) is 76.1 cm³/mol. The van der Waals surface area contributed by atoms with E-state index in [2.05, 4.69) is 5.32 Å². The van der Waals surface area contributed by atoms with Crippen LogP contribution in [-0.2, 0) is 9.53 Å². The Kier molecular flexibility index (Phi) is 6.33. The molecule has 0 aliphatic heterocycles. The lowest BCUT2D eigenvalue weighted by molar-refractivity contribution is -0.123. The Hall–Kier alpha value is -1.73. The molecule has 0 aliphatic carbocycles. The van der Waals surface area contributed by atoms with Crippen LogP contribution < -0.4 is 10.6 Å². The minimum atomic E-state index is -0.727. The van der Waals surface area contributed by atoms with Crippen molar-refractivity contribution in [2.24, 2.45) is 0 Å². The topological polar surface area (TPSA) is 84.5 Å². The van der Waals surface area contributed by atoms with Crippen LogP contribution in [0.2, 0.25) is 5.02 Å². The molecule has 108 valence electrons. The molecule has 3 amide bonds. The molecule has 0 bridgehead atoms. The molecule has 0 unspecified atom stereocenters. The number of urea groups is 1. The van der Waals surface area contributed by atoms with E-state index < -0.39 is 24.5 Å². The number of esters is 1. The predicted octanol–water partition coefficient (Wildman–Crippen LogP) is 1.67. The summed E-state index contributed by atoms with van der Waals surface area (Å²) >= 11 is 7.34. The fraction of sp³-hybridized carbons (Fsp3) is 0.250. The van der Waals surface area contributed by atoms with E-state index in [-0.39, 0.29) is 10.6 Å². The lowest BCUT2D eigenvalue weighted by Crippen LogP contribution is -2.39. The standard InChI is InChI=1S/C12H13ClN2O4S/c1-14-12(18)15-10(16)6-19-11(17)8-5-7(20-2)3-4-9(8)13/h3-5H,6H2,1-2H3,(H2,14,15,16,18). The summed E-state index contributed by atoms with van der Waals surface area (Å²) in [7, 11) is 1.36. The summed E-state index contributed by atoms with van der Waals surface area (Å²) in [6.45, 7) is -0.563. The molecule has 1 aromatic carbocycles. The third-order valence-corrected chi connectivity index (χ3v) is 3.26. The van der Waals surface area contributed by atoms with Gasteiger partial charge in [0.15, 0.2) is 6.61 Å². The number of imide groups is 1. The second kappa shape index (κ2) is 7.76. The highest BCUT2D eigenvalue weighted by Crippen LogP contribution is 2.23. The zero-order valence-corrected chi connectivity index (χ0v) is 12.4. The molecule has 0 saturated carbocycles. The van der Waals surface area contributed by atoms with Gasteiger partial charge >= 0.3 is 12.0 Å². The molecule has 0 fully saturated rings. The molecule has 1 aromatic rings. The molecule has 0 saturated heterocycles. The lowest BCUT2D eigenvalue weighted by Gasteiger charge is -2.07. The van der Waals surface area contributed by atoms with Crippen LogP contribution in [0.15, 0.2) is 23.1 Å². The van der Waals surface area contributed by atoms with Crippen LogP contribution >= 0.6 is 23.4 Å². The van der Waals surface area contributed by atoms with Gasteiger partial charge in [-0.1, -0.05) is 11.6 Å². The van der Waals surface area contributed by atoms with Crippen molar-refractivity contribution >= 4 is 41.3 Å². The highest BCUT2D eigenvalue weighted by molar-refractivity contribution is 7.98. The van der Waals surface area contributed by atoms with Gasteiger partial charge in [-0.2, -0.15) is 0 Å². The van der Waals surface area contributed by atoms with Crippen molar-refractivity contribution in [3.05, 3.63) is 28.8 Å². The lowest BCUT2D eigenvalue weighted by atomic mass is 10.2. The van der Waals surface area contributed by atoms with Gasteiger partial charge in [0.05, 0.1) is 10.6 Å². The fourth-order valence-corrected chi connectivity index (χ4v) is 1.86. The van der Waals surface area contributed by atoms with E-state index in [4.69, 9.17) is 16.3 Å². The summed E-state index contributed by atoms with van der Waals surface area (Å²) in [5.74, 6) is -1.45. The van der Waals surface area contributed by atoms with Gasteiger partial charge in [-0.15, -0.1) is 11.8 Å². The van der Waals surface area contributed by atoms with E-state index in [0.29, 0.717) is 0 Å². The molecule has 20 heavy (non-hydrogen) atoms. The van der Waals surface area contributed by atoms with Crippen LogP contribution in [0.4, 0.5) is 4.79 Å². The van der Waals surface area contributed by atoms with Gasteiger partial charge in [0, 0.05) is 11.9 Å². The van der Waals surface area contributed by atoms with Crippen molar-refractivity contribution in [2.45, 2.75) is 4.90 Å². The summed E-state index contributed by atoms with van der Waals surface area (Å²) in [4.78, 5) is 34.8. The van der Waals surface area contributed by atoms with E-state index in [1.54, 1.807) is 18.2 Å². The van der Waals surface area contributed by atoms with Gasteiger partial charge < -0.3 is 10.1 Å². The van der Waals surface area contributed by atoms with E-state index >= 15 is 0 Å². The van der Waals surface area contributed by atoms with Crippen molar-refractivity contribution < 1.29 is 19.1 Å². The van der Waals surface area contributed by atoms with Gasteiger partial charge in [0.2, 0.25) is 0 Å². The van der Waals surface area contributed by atoms with Crippen LogP contribution in [-0.4, -0.2) is 37.8 Å². The Bertz CT molecular complexity index is 536. The van der Waals surface area contributed by atoms with E-state index in [9.17, 15) is 14.4 Å². The molecule has 0 atom stereocenters. The van der Waals surface area contributed by atoms with Crippen molar-refractivity contribution in [1.29, 1.82) is 0 Å². The van der Waals surface area contributed by atoms with Gasteiger partial charge in [-0.05, 0) is 24.5 Å². The minimum absolute atomic E-state index is 0.172. The summed E-state index contributed by atoms with van der Waals surface area (Å²) in [6, 6.07) is 4.25. The van der Waals surface area contributed by atoms with E-state index in [1.165, 1.54) is 18.8 Å². The van der Waals surface area contributed by atoms with Crippen LogP contribution in [0.5, 0.6) is 0 Å². The zero-order valence-electron chi connectivity index (χ0n) is 10.9. The number of amides is 3. The summed E-state index contributed by atoms with van der Waals surface area (Å²) < 4.78 is 4.79. The summed E-state index contributed by atoms with van der Waals surface area (Å²) in [6.07, 6.45) is 1.86. The first-order valence-electron chi connectivity index (χ1n) is 5.50. The number of carbonyl (C=O) groups excluding carboxylic acids is 3. The number of thioether (sulfide) groups is 1. The molecule has 6 nitrogen and oxygen atoms in total. The Morgan fingerprint density at radius 2 is 2.05 bits per heavy atom. The van der Waals surface area contributed by atoms with Crippen molar-refractivity contribution in [1.82, 2.24) is 10.6 Å². The Labute approximate surface area is 125 Å². The average molecular weight is 317 g/mol.